The number of nitrogens with one attached hydrogen (secondary N) is 2. The fourth-order valence-electron chi connectivity index (χ4n) is 3.24. The molecule has 0 bridgehead atoms. The predicted molar refractivity (Wildman–Crippen MR) is 123 cm³/mol. The lowest BCUT2D eigenvalue weighted by Gasteiger charge is -2.21. The minimum Gasteiger partial charge on any atom is -0.396 e. The normalized spacial score (nSPS) is 16.9. The molecule has 3 N–H and O–H groups in total. The summed E-state index contributed by atoms with van der Waals surface area (Å²) < 4.78 is 11.2. The first-order chi connectivity index (χ1) is 12.7. The van der Waals surface area contributed by atoms with E-state index in [1.807, 2.05) is 0 Å². The van der Waals surface area contributed by atoms with E-state index in [9.17, 15) is 5.11 Å². The Morgan fingerprint density at radius 3 is 2.63 bits per heavy atom. The summed E-state index contributed by atoms with van der Waals surface area (Å²) in [7, 11) is 0. The number of halogens is 1. The number of aliphatic imine (C=N–C) groups is 1. The Morgan fingerprint density at radius 1 is 1.26 bits per heavy atom. The molecular formula is C20H42IN3O3. The Kier molecular flexibility index (Phi) is 17.9. The first-order valence-corrected chi connectivity index (χ1v) is 10.4. The minimum absolute atomic E-state index is 0. The molecule has 1 unspecified atom stereocenters. The molecular weight excluding hydrogens is 457 g/mol. The SMILES string of the molecule is CCNC(=NCC(CCO)CC(C)C)NCCCOCC1CCOCC1.I. The van der Waals surface area contributed by atoms with Gasteiger partial charge in [0.2, 0.25) is 0 Å². The van der Waals surface area contributed by atoms with Gasteiger partial charge in [0.25, 0.3) is 0 Å². The molecule has 0 saturated carbocycles. The second-order valence-electron chi connectivity index (χ2n) is 7.64. The van der Waals surface area contributed by atoms with E-state index in [1.54, 1.807) is 0 Å². The number of hydrogen-bond acceptors (Lipinski definition) is 4. The molecule has 0 aromatic rings. The highest BCUT2D eigenvalue weighted by molar-refractivity contribution is 14.0. The van der Waals surface area contributed by atoms with Crippen LogP contribution in [0.4, 0.5) is 0 Å². The van der Waals surface area contributed by atoms with Crippen molar-refractivity contribution in [3.8, 4) is 0 Å². The van der Waals surface area contributed by atoms with Crippen LogP contribution in [0.5, 0.6) is 0 Å². The van der Waals surface area contributed by atoms with Gasteiger partial charge in [0, 0.05) is 52.7 Å². The van der Waals surface area contributed by atoms with Crippen molar-refractivity contribution in [1.82, 2.24) is 10.6 Å². The number of guanidine groups is 1. The molecule has 0 aromatic carbocycles. The fourth-order valence-corrected chi connectivity index (χ4v) is 3.24. The van der Waals surface area contributed by atoms with Gasteiger partial charge in [0.15, 0.2) is 5.96 Å². The lowest BCUT2D eigenvalue weighted by Crippen LogP contribution is -2.38. The van der Waals surface area contributed by atoms with Crippen LogP contribution in [-0.4, -0.2) is 63.7 Å². The van der Waals surface area contributed by atoms with E-state index in [4.69, 9.17) is 14.5 Å². The van der Waals surface area contributed by atoms with E-state index < -0.39 is 0 Å². The Morgan fingerprint density at radius 2 is 2.00 bits per heavy atom. The van der Waals surface area contributed by atoms with Crippen LogP contribution in [-0.2, 0) is 9.47 Å². The summed E-state index contributed by atoms with van der Waals surface area (Å²) in [5.41, 5.74) is 0. The number of hydrogen-bond donors (Lipinski definition) is 3. The van der Waals surface area contributed by atoms with Crippen molar-refractivity contribution in [3.63, 3.8) is 0 Å². The molecule has 1 aliphatic heterocycles. The molecule has 1 aliphatic rings. The topological polar surface area (TPSA) is 75.1 Å². The van der Waals surface area contributed by atoms with Gasteiger partial charge in [-0.1, -0.05) is 13.8 Å². The molecule has 6 nitrogen and oxygen atoms in total. The van der Waals surface area contributed by atoms with Crippen molar-refractivity contribution >= 4 is 29.9 Å². The highest BCUT2D eigenvalue weighted by Crippen LogP contribution is 2.16. The second kappa shape index (κ2) is 17.9. The van der Waals surface area contributed by atoms with Crippen molar-refractivity contribution in [3.05, 3.63) is 0 Å². The number of ether oxygens (including phenoxy) is 2. The fraction of sp³-hybridized carbons (Fsp3) is 0.950. The van der Waals surface area contributed by atoms with Gasteiger partial charge < -0.3 is 25.2 Å². The summed E-state index contributed by atoms with van der Waals surface area (Å²) >= 11 is 0. The van der Waals surface area contributed by atoms with Crippen molar-refractivity contribution in [2.45, 2.75) is 52.9 Å². The highest BCUT2D eigenvalue weighted by Gasteiger charge is 2.13. The van der Waals surface area contributed by atoms with Gasteiger partial charge in [0.05, 0.1) is 0 Å². The van der Waals surface area contributed by atoms with Crippen LogP contribution in [0.25, 0.3) is 0 Å². The van der Waals surface area contributed by atoms with Gasteiger partial charge in [-0.3, -0.25) is 4.99 Å². The number of nitrogens with zero attached hydrogens (tertiary/aromatic N) is 1. The molecule has 7 heteroatoms. The zero-order valence-corrected chi connectivity index (χ0v) is 19.9. The summed E-state index contributed by atoms with van der Waals surface area (Å²) in [6.07, 6.45) is 5.14. The predicted octanol–water partition coefficient (Wildman–Crippen LogP) is 3.04. The van der Waals surface area contributed by atoms with Crippen LogP contribution in [0.15, 0.2) is 4.99 Å². The maximum atomic E-state index is 9.24. The molecule has 27 heavy (non-hydrogen) atoms. The Labute approximate surface area is 183 Å². The van der Waals surface area contributed by atoms with Crippen LogP contribution in [0.2, 0.25) is 0 Å². The van der Waals surface area contributed by atoms with Gasteiger partial charge in [-0.2, -0.15) is 0 Å². The van der Waals surface area contributed by atoms with Crippen LogP contribution in [0.1, 0.15) is 52.9 Å². The molecule has 1 fully saturated rings. The van der Waals surface area contributed by atoms with E-state index in [2.05, 4.69) is 31.4 Å². The van der Waals surface area contributed by atoms with Crippen molar-refractivity contribution in [1.29, 1.82) is 0 Å². The highest BCUT2D eigenvalue weighted by atomic mass is 127. The van der Waals surface area contributed by atoms with E-state index in [1.165, 1.54) is 0 Å². The van der Waals surface area contributed by atoms with Gasteiger partial charge in [0.1, 0.15) is 0 Å². The van der Waals surface area contributed by atoms with Crippen LogP contribution in [0.3, 0.4) is 0 Å². The van der Waals surface area contributed by atoms with E-state index in [-0.39, 0.29) is 30.6 Å². The Hall–Kier alpha value is -0.120. The zero-order valence-electron chi connectivity index (χ0n) is 17.5. The molecule has 0 spiro atoms. The molecule has 0 amide bonds. The summed E-state index contributed by atoms with van der Waals surface area (Å²) in [4.78, 5) is 4.71. The summed E-state index contributed by atoms with van der Waals surface area (Å²) in [6.45, 7) is 12.6. The molecule has 1 heterocycles. The molecule has 0 radical (unpaired) electrons. The quantitative estimate of drug-likeness (QED) is 0.157. The van der Waals surface area contributed by atoms with Gasteiger partial charge >= 0.3 is 0 Å². The van der Waals surface area contributed by atoms with Crippen molar-refractivity contribution in [2.24, 2.45) is 22.7 Å². The lowest BCUT2D eigenvalue weighted by molar-refractivity contribution is 0.0203. The van der Waals surface area contributed by atoms with Crippen LogP contribution in [0, 0.1) is 17.8 Å². The summed E-state index contributed by atoms with van der Waals surface area (Å²) in [5.74, 6) is 2.60. The van der Waals surface area contributed by atoms with E-state index in [0.29, 0.717) is 17.8 Å². The summed E-state index contributed by atoms with van der Waals surface area (Å²) in [6, 6.07) is 0. The molecule has 0 aliphatic carbocycles. The monoisotopic (exact) mass is 499 g/mol. The van der Waals surface area contributed by atoms with Crippen molar-refractivity contribution in [2.75, 3.05) is 52.7 Å². The molecule has 162 valence electrons. The minimum atomic E-state index is 0. The number of aliphatic hydroxyl groups is 1. The molecule has 1 atom stereocenters. The maximum absolute atomic E-state index is 9.24. The smallest absolute Gasteiger partial charge is 0.191 e. The third-order valence-corrected chi connectivity index (χ3v) is 4.65. The van der Waals surface area contributed by atoms with Gasteiger partial charge in [-0.25, -0.2) is 0 Å². The van der Waals surface area contributed by atoms with Gasteiger partial charge in [-0.15, -0.1) is 24.0 Å². The average molecular weight is 499 g/mol. The van der Waals surface area contributed by atoms with Gasteiger partial charge in [-0.05, 0) is 56.8 Å². The van der Waals surface area contributed by atoms with E-state index in [0.717, 1.165) is 84.1 Å². The second-order valence-corrected chi connectivity index (χ2v) is 7.64. The lowest BCUT2D eigenvalue weighted by atomic mass is 9.94. The Balaban J connectivity index is 0.00000676. The number of aliphatic hydroxyl groups excluding tert-OH is 1. The zero-order chi connectivity index (χ0) is 19.0. The molecule has 0 aromatic heterocycles. The first kappa shape index (κ1) is 26.9. The maximum Gasteiger partial charge on any atom is 0.191 e. The standard InChI is InChI=1S/C20H41N3O3.HI/c1-4-21-20(23-15-19(6-10-24)14-17(2)3)22-9-5-11-26-16-18-7-12-25-13-8-18;/h17-19,24H,4-16H2,1-3H3,(H2,21,22,23);1H. The molecule has 1 rings (SSSR count). The summed E-state index contributed by atoms with van der Waals surface area (Å²) in [5, 5.41) is 15.9. The average Bonchev–Trinajstić information content (AvgIpc) is 2.62. The largest absolute Gasteiger partial charge is 0.396 e. The molecule has 1 saturated heterocycles. The van der Waals surface area contributed by atoms with Crippen LogP contribution < -0.4 is 10.6 Å². The third kappa shape index (κ3) is 14.5. The number of rotatable bonds is 13. The Bertz CT molecular complexity index is 364. The first-order valence-electron chi connectivity index (χ1n) is 10.4. The third-order valence-electron chi connectivity index (χ3n) is 4.65. The van der Waals surface area contributed by atoms with E-state index >= 15 is 0 Å². The van der Waals surface area contributed by atoms with Crippen LogP contribution >= 0.6 is 24.0 Å². The van der Waals surface area contributed by atoms with Crippen molar-refractivity contribution < 1.29 is 14.6 Å².